The standard InChI is InChI=1S/C29H26N6O3/c1-17(2)29(37)34-20-11-7-19(8-12-20)26-24(25-27(30)31-16-32-28(25)35(26)3)18-9-13-22(14-10-18)38-23-6-4-5-21(15-36)33-23/h4-14,16,36H,1,15H2,2-3H3,(H,34,37)(H2,30,31,32). The summed E-state index contributed by atoms with van der Waals surface area (Å²) in [6.07, 6.45) is 1.45. The van der Waals surface area contributed by atoms with Gasteiger partial charge >= 0.3 is 0 Å². The molecule has 0 bridgehead atoms. The highest BCUT2D eigenvalue weighted by Crippen LogP contribution is 2.42. The smallest absolute Gasteiger partial charge is 0.250 e. The van der Waals surface area contributed by atoms with E-state index in [0.717, 1.165) is 27.8 Å². The van der Waals surface area contributed by atoms with Gasteiger partial charge in [0.05, 0.1) is 23.4 Å². The number of nitrogens with zero attached hydrogens (tertiary/aromatic N) is 4. The first-order valence-electron chi connectivity index (χ1n) is 11.9. The molecule has 0 saturated heterocycles. The molecular weight excluding hydrogens is 480 g/mol. The molecule has 9 heteroatoms. The molecule has 0 atom stereocenters. The Morgan fingerprint density at radius 3 is 2.45 bits per heavy atom. The Balaban J connectivity index is 1.56. The lowest BCUT2D eigenvalue weighted by Crippen LogP contribution is -2.11. The number of carbonyl (C=O) groups excluding carboxylic acids is 1. The van der Waals surface area contributed by atoms with Gasteiger partial charge in [0.25, 0.3) is 5.91 Å². The first-order valence-corrected chi connectivity index (χ1v) is 11.9. The summed E-state index contributed by atoms with van der Waals surface area (Å²) < 4.78 is 7.87. The van der Waals surface area contributed by atoms with E-state index in [2.05, 4.69) is 26.8 Å². The number of rotatable bonds is 7. The third kappa shape index (κ3) is 4.70. The maximum Gasteiger partial charge on any atom is 0.250 e. The van der Waals surface area contributed by atoms with Crippen LogP contribution in [0.1, 0.15) is 12.6 Å². The molecular formula is C29H26N6O3. The van der Waals surface area contributed by atoms with Gasteiger partial charge < -0.3 is 25.5 Å². The second-order valence-corrected chi connectivity index (χ2v) is 8.80. The van der Waals surface area contributed by atoms with Gasteiger partial charge in [-0.1, -0.05) is 36.9 Å². The van der Waals surface area contributed by atoms with Crippen molar-refractivity contribution in [2.24, 2.45) is 7.05 Å². The summed E-state index contributed by atoms with van der Waals surface area (Å²) in [6, 6.07) is 20.4. The second-order valence-electron chi connectivity index (χ2n) is 8.80. The predicted octanol–water partition coefficient (Wildman–Crippen LogP) is 5.08. The molecule has 190 valence electrons. The highest BCUT2D eigenvalue weighted by molar-refractivity contribution is 6.08. The van der Waals surface area contributed by atoms with Gasteiger partial charge in [-0.2, -0.15) is 0 Å². The molecule has 0 fully saturated rings. The molecule has 5 aromatic rings. The summed E-state index contributed by atoms with van der Waals surface area (Å²) in [5.74, 6) is 1.14. The zero-order chi connectivity index (χ0) is 26.8. The lowest BCUT2D eigenvalue weighted by atomic mass is 9.98. The molecule has 3 heterocycles. The van der Waals surface area contributed by atoms with E-state index in [1.54, 1.807) is 25.1 Å². The fraction of sp³-hybridized carbons (Fsp3) is 0.103. The molecule has 0 saturated carbocycles. The number of benzene rings is 2. The number of aliphatic hydroxyl groups is 1. The molecule has 0 aliphatic rings. The van der Waals surface area contributed by atoms with Crippen LogP contribution in [0.25, 0.3) is 33.4 Å². The van der Waals surface area contributed by atoms with Crippen molar-refractivity contribution >= 4 is 28.4 Å². The topological polar surface area (TPSA) is 128 Å². The van der Waals surface area contributed by atoms with Gasteiger partial charge in [0, 0.05) is 29.9 Å². The van der Waals surface area contributed by atoms with Crippen molar-refractivity contribution in [3.8, 4) is 34.0 Å². The number of aryl methyl sites for hydroxylation is 1. The zero-order valence-corrected chi connectivity index (χ0v) is 21.0. The Kier molecular flexibility index (Phi) is 6.59. The van der Waals surface area contributed by atoms with Crippen molar-refractivity contribution in [1.82, 2.24) is 19.5 Å². The second kappa shape index (κ2) is 10.2. The third-order valence-corrected chi connectivity index (χ3v) is 6.11. The van der Waals surface area contributed by atoms with Crippen LogP contribution in [0.15, 0.2) is 85.2 Å². The van der Waals surface area contributed by atoms with Crippen LogP contribution in [0.5, 0.6) is 11.6 Å². The van der Waals surface area contributed by atoms with Crippen LogP contribution in [-0.2, 0) is 18.4 Å². The number of hydrogen-bond acceptors (Lipinski definition) is 7. The van der Waals surface area contributed by atoms with Crippen LogP contribution in [0.3, 0.4) is 0 Å². The number of nitrogen functional groups attached to an aromatic ring is 1. The minimum atomic E-state index is -0.230. The number of aliphatic hydroxyl groups excluding tert-OH is 1. The average molecular weight is 507 g/mol. The minimum Gasteiger partial charge on any atom is -0.439 e. The Hall–Kier alpha value is -5.02. The molecule has 3 aromatic heterocycles. The number of pyridine rings is 1. The number of ether oxygens (including phenoxy) is 1. The number of fused-ring (bicyclic) bond motifs is 1. The summed E-state index contributed by atoms with van der Waals surface area (Å²) in [5, 5.41) is 12.9. The summed E-state index contributed by atoms with van der Waals surface area (Å²) in [6.45, 7) is 5.18. The highest BCUT2D eigenvalue weighted by Gasteiger charge is 2.22. The molecule has 0 unspecified atom stereocenters. The van der Waals surface area contributed by atoms with Crippen molar-refractivity contribution in [1.29, 1.82) is 0 Å². The van der Waals surface area contributed by atoms with Crippen molar-refractivity contribution in [2.75, 3.05) is 11.1 Å². The van der Waals surface area contributed by atoms with Crippen LogP contribution < -0.4 is 15.8 Å². The van der Waals surface area contributed by atoms with Gasteiger partial charge in [0.15, 0.2) is 0 Å². The molecule has 0 aliphatic heterocycles. The van der Waals surface area contributed by atoms with Gasteiger partial charge in [-0.15, -0.1) is 0 Å². The van der Waals surface area contributed by atoms with Crippen LogP contribution in [0.4, 0.5) is 11.5 Å². The van der Waals surface area contributed by atoms with Gasteiger partial charge in [0.1, 0.15) is 23.5 Å². The predicted molar refractivity (Wildman–Crippen MR) is 147 cm³/mol. The van der Waals surface area contributed by atoms with E-state index in [9.17, 15) is 9.90 Å². The highest BCUT2D eigenvalue weighted by atomic mass is 16.5. The van der Waals surface area contributed by atoms with E-state index in [1.807, 2.05) is 60.1 Å². The Morgan fingerprint density at radius 1 is 1.05 bits per heavy atom. The maximum atomic E-state index is 12.0. The average Bonchev–Trinajstić information content (AvgIpc) is 3.23. The lowest BCUT2D eigenvalue weighted by Gasteiger charge is -2.11. The number of carbonyl (C=O) groups is 1. The van der Waals surface area contributed by atoms with Gasteiger partial charge in [-0.3, -0.25) is 4.79 Å². The minimum absolute atomic E-state index is 0.162. The molecule has 1 amide bonds. The number of aromatic nitrogens is 4. The van der Waals surface area contributed by atoms with Crippen LogP contribution in [-0.4, -0.2) is 30.5 Å². The molecule has 9 nitrogen and oxygen atoms in total. The SMILES string of the molecule is C=C(C)C(=O)Nc1ccc(-c2c(-c3ccc(Oc4cccc(CO)n4)cc3)c3c(N)ncnc3n2C)cc1. The summed E-state index contributed by atoms with van der Waals surface area (Å²) in [5.41, 5.74) is 12.3. The molecule has 0 aliphatic carbocycles. The molecule has 5 rings (SSSR count). The quantitative estimate of drug-likeness (QED) is 0.263. The van der Waals surface area contributed by atoms with E-state index in [1.165, 1.54) is 6.33 Å². The summed E-state index contributed by atoms with van der Waals surface area (Å²) in [7, 11) is 1.93. The third-order valence-electron chi connectivity index (χ3n) is 6.11. The van der Waals surface area contributed by atoms with E-state index >= 15 is 0 Å². The number of amides is 1. The van der Waals surface area contributed by atoms with Crippen molar-refractivity contribution < 1.29 is 14.6 Å². The molecule has 0 spiro atoms. The van der Waals surface area contributed by atoms with Gasteiger partial charge in [0.2, 0.25) is 5.88 Å². The first-order chi connectivity index (χ1) is 18.4. The van der Waals surface area contributed by atoms with Crippen LogP contribution >= 0.6 is 0 Å². The van der Waals surface area contributed by atoms with Crippen molar-refractivity contribution in [3.63, 3.8) is 0 Å². The summed E-state index contributed by atoms with van der Waals surface area (Å²) in [4.78, 5) is 25.0. The molecule has 0 radical (unpaired) electrons. The number of hydrogen-bond donors (Lipinski definition) is 3. The first kappa shape index (κ1) is 24.7. The van der Waals surface area contributed by atoms with E-state index in [4.69, 9.17) is 10.5 Å². The number of nitrogens with two attached hydrogens (primary N) is 1. The van der Waals surface area contributed by atoms with Crippen LogP contribution in [0.2, 0.25) is 0 Å². The normalized spacial score (nSPS) is 10.9. The molecule has 38 heavy (non-hydrogen) atoms. The zero-order valence-electron chi connectivity index (χ0n) is 21.0. The largest absolute Gasteiger partial charge is 0.439 e. The molecule has 4 N–H and O–H groups in total. The van der Waals surface area contributed by atoms with Gasteiger partial charge in [-0.25, -0.2) is 15.0 Å². The Labute approximate surface area is 219 Å². The van der Waals surface area contributed by atoms with Crippen molar-refractivity contribution in [2.45, 2.75) is 13.5 Å². The van der Waals surface area contributed by atoms with Gasteiger partial charge in [-0.05, 0) is 48.4 Å². The lowest BCUT2D eigenvalue weighted by molar-refractivity contribution is -0.112. The Bertz CT molecular complexity index is 1660. The fourth-order valence-corrected chi connectivity index (χ4v) is 4.26. The van der Waals surface area contributed by atoms with E-state index in [-0.39, 0.29) is 12.5 Å². The maximum absolute atomic E-state index is 12.0. The molecule has 2 aromatic carbocycles. The fourth-order valence-electron chi connectivity index (χ4n) is 4.26. The van der Waals surface area contributed by atoms with E-state index in [0.29, 0.717) is 40.0 Å². The number of nitrogens with one attached hydrogen (secondary N) is 1. The number of anilines is 2. The van der Waals surface area contributed by atoms with Crippen LogP contribution in [0, 0.1) is 0 Å². The Morgan fingerprint density at radius 2 is 1.76 bits per heavy atom. The monoisotopic (exact) mass is 506 g/mol. The van der Waals surface area contributed by atoms with Crippen molar-refractivity contribution in [3.05, 3.63) is 90.9 Å². The van der Waals surface area contributed by atoms with E-state index < -0.39 is 0 Å². The summed E-state index contributed by atoms with van der Waals surface area (Å²) >= 11 is 0.